The van der Waals surface area contributed by atoms with Gasteiger partial charge in [0.1, 0.15) is 17.5 Å². The molecule has 3 aromatic rings. The van der Waals surface area contributed by atoms with Gasteiger partial charge >= 0.3 is 0 Å². The summed E-state index contributed by atoms with van der Waals surface area (Å²) in [5.74, 6) is 0.135. The van der Waals surface area contributed by atoms with Crippen LogP contribution in [-0.2, 0) is 24.7 Å². The number of rotatable bonds is 6. The first kappa shape index (κ1) is 17.1. The monoisotopic (exact) mass is 343 g/mol. The average molecular weight is 343 g/mol. The Balaban J connectivity index is 1.50. The van der Waals surface area contributed by atoms with E-state index in [2.05, 4.69) is 10.3 Å². The summed E-state index contributed by atoms with van der Waals surface area (Å²) in [4.78, 5) is 16.3. The molecule has 4 nitrogen and oxygen atoms in total. The molecule has 0 radical (unpaired) electrons. The van der Waals surface area contributed by atoms with E-state index in [1.54, 1.807) is 18.2 Å². The second-order valence-electron chi connectivity index (χ2n) is 5.95. The van der Waals surface area contributed by atoms with E-state index >= 15 is 0 Å². The molecule has 0 aliphatic heterocycles. The summed E-state index contributed by atoms with van der Waals surface area (Å²) in [6.07, 6.45) is 1.48. The van der Waals surface area contributed by atoms with Crippen molar-refractivity contribution in [3.8, 4) is 0 Å². The van der Waals surface area contributed by atoms with Gasteiger partial charge in [-0.25, -0.2) is 13.8 Å². The van der Waals surface area contributed by atoms with E-state index in [9.17, 15) is 13.6 Å². The first-order chi connectivity index (χ1) is 12.0. The largest absolute Gasteiger partial charge is 0.356 e. The highest BCUT2D eigenvalue weighted by atomic mass is 19.1. The highest BCUT2D eigenvalue weighted by Crippen LogP contribution is 2.16. The Labute approximate surface area is 144 Å². The lowest BCUT2D eigenvalue weighted by atomic mass is 10.1. The molecule has 6 heteroatoms. The van der Waals surface area contributed by atoms with Crippen LogP contribution in [0, 0.1) is 11.6 Å². The van der Waals surface area contributed by atoms with Crippen molar-refractivity contribution < 1.29 is 13.6 Å². The maximum Gasteiger partial charge on any atom is 0.220 e. The number of aryl methyl sites for hydroxylation is 2. The molecule has 1 amide bonds. The van der Waals surface area contributed by atoms with Gasteiger partial charge in [-0.2, -0.15) is 0 Å². The second-order valence-corrected chi connectivity index (χ2v) is 5.95. The van der Waals surface area contributed by atoms with E-state index in [-0.39, 0.29) is 17.5 Å². The molecule has 0 fully saturated rings. The topological polar surface area (TPSA) is 46.9 Å². The molecule has 0 unspecified atom stereocenters. The molecule has 1 N–H and O–H groups in total. The van der Waals surface area contributed by atoms with Crippen LogP contribution in [0.2, 0.25) is 0 Å². The van der Waals surface area contributed by atoms with Gasteiger partial charge in [0.25, 0.3) is 0 Å². The number of hydrogen-bond donors (Lipinski definition) is 1. The Morgan fingerprint density at radius 3 is 2.56 bits per heavy atom. The zero-order valence-corrected chi connectivity index (χ0v) is 13.9. The molecule has 2 aromatic carbocycles. The van der Waals surface area contributed by atoms with Crippen molar-refractivity contribution in [1.29, 1.82) is 0 Å². The van der Waals surface area contributed by atoms with Gasteiger partial charge in [-0.1, -0.05) is 12.1 Å². The quantitative estimate of drug-likeness (QED) is 0.747. The van der Waals surface area contributed by atoms with Gasteiger partial charge in [0, 0.05) is 32.5 Å². The van der Waals surface area contributed by atoms with Crippen LogP contribution < -0.4 is 5.32 Å². The number of nitrogens with one attached hydrogen (secondary N) is 1. The average Bonchev–Trinajstić information content (AvgIpc) is 2.90. The van der Waals surface area contributed by atoms with Crippen LogP contribution in [0.15, 0.2) is 42.5 Å². The van der Waals surface area contributed by atoms with Gasteiger partial charge in [-0.15, -0.1) is 0 Å². The molecule has 3 rings (SSSR count). The van der Waals surface area contributed by atoms with Crippen molar-refractivity contribution in [3.63, 3.8) is 0 Å². The van der Waals surface area contributed by atoms with E-state index in [1.165, 1.54) is 24.3 Å². The first-order valence-corrected chi connectivity index (χ1v) is 8.15. The molecule has 0 atom stereocenters. The minimum absolute atomic E-state index is 0.0610. The molecule has 130 valence electrons. The molecular weight excluding hydrogens is 324 g/mol. The van der Waals surface area contributed by atoms with E-state index in [0.717, 1.165) is 16.9 Å². The molecule has 0 spiro atoms. The second kappa shape index (κ2) is 7.42. The third kappa shape index (κ3) is 4.21. The highest BCUT2D eigenvalue weighted by molar-refractivity contribution is 5.77. The Morgan fingerprint density at radius 1 is 1.08 bits per heavy atom. The molecule has 0 aliphatic rings. The number of hydrogen-bond acceptors (Lipinski definition) is 2. The molecular formula is C19H19F2N3O. The van der Waals surface area contributed by atoms with Gasteiger partial charge in [0.05, 0.1) is 11.0 Å². The van der Waals surface area contributed by atoms with Crippen molar-refractivity contribution in [2.45, 2.75) is 19.3 Å². The summed E-state index contributed by atoms with van der Waals surface area (Å²) in [5, 5.41) is 2.86. The van der Waals surface area contributed by atoms with Crippen molar-refractivity contribution >= 4 is 16.9 Å². The summed E-state index contributed by atoms with van der Waals surface area (Å²) in [5.41, 5.74) is 2.40. The normalized spacial score (nSPS) is 11.0. The number of carbonyl (C=O) groups is 1. The van der Waals surface area contributed by atoms with Gasteiger partial charge in [0.15, 0.2) is 0 Å². The number of carbonyl (C=O) groups excluding carboxylic acids is 1. The first-order valence-electron chi connectivity index (χ1n) is 8.15. The summed E-state index contributed by atoms with van der Waals surface area (Å²) in [7, 11) is 1.87. The number of nitrogens with zero attached hydrogens (tertiary/aromatic N) is 2. The Bertz CT molecular complexity index is 888. The van der Waals surface area contributed by atoms with Crippen molar-refractivity contribution in [3.05, 3.63) is 65.5 Å². The molecule has 25 heavy (non-hydrogen) atoms. The fraction of sp³-hybridized carbons (Fsp3) is 0.263. The smallest absolute Gasteiger partial charge is 0.220 e. The number of fused-ring (bicyclic) bond motifs is 1. The maximum absolute atomic E-state index is 13.3. The number of imidazole rings is 1. The third-order valence-corrected chi connectivity index (χ3v) is 4.16. The van der Waals surface area contributed by atoms with Crippen molar-refractivity contribution in [2.24, 2.45) is 7.05 Å². The van der Waals surface area contributed by atoms with Crippen LogP contribution in [0.4, 0.5) is 8.78 Å². The van der Waals surface area contributed by atoms with E-state index in [4.69, 9.17) is 0 Å². The lowest BCUT2D eigenvalue weighted by Crippen LogP contribution is -2.26. The van der Waals surface area contributed by atoms with Crippen molar-refractivity contribution in [1.82, 2.24) is 14.9 Å². The molecule has 1 aromatic heterocycles. The standard InChI is InChI=1S/C19H19F2N3O/c1-24-17-8-7-15(21)12-16(17)23-18(24)10-11-22-19(25)9-4-13-2-5-14(20)6-3-13/h2-3,5-8,12H,4,9-11H2,1H3,(H,22,25). The van der Waals surface area contributed by atoms with Crippen LogP contribution in [0.5, 0.6) is 0 Å². The zero-order valence-electron chi connectivity index (χ0n) is 13.9. The molecule has 0 saturated heterocycles. The Morgan fingerprint density at radius 2 is 1.80 bits per heavy atom. The predicted molar refractivity (Wildman–Crippen MR) is 92.1 cm³/mol. The summed E-state index contributed by atoms with van der Waals surface area (Å²) in [6.45, 7) is 0.460. The number of benzene rings is 2. The number of halogens is 2. The molecule has 0 bridgehead atoms. The minimum atomic E-state index is -0.314. The third-order valence-electron chi connectivity index (χ3n) is 4.16. The minimum Gasteiger partial charge on any atom is -0.356 e. The van der Waals surface area contributed by atoms with Gasteiger partial charge in [-0.3, -0.25) is 4.79 Å². The SMILES string of the molecule is Cn1c(CCNC(=O)CCc2ccc(F)cc2)nc2cc(F)ccc21. The van der Waals surface area contributed by atoms with Gasteiger partial charge in [0.2, 0.25) is 5.91 Å². The van der Waals surface area contributed by atoms with Crippen LogP contribution in [0.1, 0.15) is 17.8 Å². The Hall–Kier alpha value is -2.76. The lowest BCUT2D eigenvalue weighted by molar-refractivity contribution is -0.121. The fourth-order valence-electron chi connectivity index (χ4n) is 2.76. The van der Waals surface area contributed by atoms with E-state index in [0.29, 0.717) is 31.3 Å². The summed E-state index contributed by atoms with van der Waals surface area (Å²) in [6, 6.07) is 10.7. The van der Waals surface area contributed by atoms with Gasteiger partial charge < -0.3 is 9.88 Å². The Kier molecular flexibility index (Phi) is 5.07. The zero-order chi connectivity index (χ0) is 17.8. The molecule has 0 saturated carbocycles. The number of amides is 1. The van der Waals surface area contributed by atoms with E-state index in [1.807, 2.05) is 11.6 Å². The lowest BCUT2D eigenvalue weighted by Gasteiger charge is -2.06. The highest BCUT2D eigenvalue weighted by Gasteiger charge is 2.09. The van der Waals surface area contributed by atoms with Gasteiger partial charge in [-0.05, 0) is 36.2 Å². The predicted octanol–water partition coefficient (Wildman–Crippen LogP) is 3.14. The molecule has 1 heterocycles. The summed E-state index contributed by atoms with van der Waals surface area (Å²) >= 11 is 0. The van der Waals surface area contributed by atoms with Crippen LogP contribution in [0.25, 0.3) is 11.0 Å². The fourth-order valence-corrected chi connectivity index (χ4v) is 2.76. The maximum atomic E-state index is 13.3. The molecule has 0 aliphatic carbocycles. The van der Waals surface area contributed by atoms with E-state index < -0.39 is 0 Å². The van der Waals surface area contributed by atoms with Crippen LogP contribution in [0.3, 0.4) is 0 Å². The van der Waals surface area contributed by atoms with Crippen LogP contribution in [-0.4, -0.2) is 22.0 Å². The van der Waals surface area contributed by atoms with Crippen molar-refractivity contribution in [2.75, 3.05) is 6.54 Å². The number of aromatic nitrogens is 2. The van der Waals surface area contributed by atoms with Crippen LogP contribution >= 0.6 is 0 Å². The summed E-state index contributed by atoms with van der Waals surface area (Å²) < 4.78 is 28.0.